The Morgan fingerprint density at radius 3 is 2.55 bits per heavy atom. The van der Waals surface area contributed by atoms with Gasteiger partial charge in [-0.15, -0.1) is 0 Å². The Morgan fingerprint density at radius 2 is 1.95 bits per heavy atom. The number of ether oxygens (including phenoxy) is 1. The molecule has 0 bridgehead atoms. The highest BCUT2D eigenvalue weighted by molar-refractivity contribution is 5.71. The number of carboxylic acids is 1. The van der Waals surface area contributed by atoms with Crippen molar-refractivity contribution in [1.29, 1.82) is 0 Å². The van der Waals surface area contributed by atoms with E-state index in [2.05, 4.69) is 0 Å². The van der Waals surface area contributed by atoms with Crippen LogP contribution in [-0.4, -0.2) is 17.2 Å². The summed E-state index contributed by atoms with van der Waals surface area (Å²) >= 11 is 0. The maximum Gasteiger partial charge on any atom is 0.306 e. The lowest BCUT2D eigenvalue weighted by Gasteiger charge is -2.22. The molecular weight excluding hydrogens is 276 g/mol. The van der Waals surface area contributed by atoms with Crippen LogP contribution >= 0.6 is 0 Å². The van der Waals surface area contributed by atoms with Gasteiger partial charge in [-0.1, -0.05) is 38.8 Å². The number of carbonyl (C=O) groups is 1. The lowest BCUT2D eigenvalue weighted by molar-refractivity contribution is -0.141. The molecule has 1 aromatic carbocycles. The summed E-state index contributed by atoms with van der Waals surface area (Å²) in [5.74, 6) is -0.185. The molecule has 122 valence electrons. The van der Waals surface area contributed by atoms with Crippen molar-refractivity contribution in [3.05, 3.63) is 29.8 Å². The minimum atomic E-state index is -0.734. The Bertz CT molecular complexity index is 475. The van der Waals surface area contributed by atoms with E-state index in [-0.39, 0.29) is 11.8 Å². The molecule has 0 aromatic heterocycles. The van der Waals surface area contributed by atoms with Crippen molar-refractivity contribution in [3.8, 4) is 5.75 Å². The van der Waals surface area contributed by atoms with Gasteiger partial charge in [-0.05, 0) is 55.7 Å². The predicted molar refractivity (Wildman–Crippen MR) is 88.4 cm³/mol. The maximum absolute atomic E-state index is 11.3. The van der Waals surface area contributed by atoms with Gasteiger partial charge in [0.15, 0.2) is 0 Å². The van der Waals surface area contributed by atoms with Crippen molar-refractivity contribution in [3.63, 3.8) is 0 Å². The van der Waals surface area contributed by atoms with Gasteiger partial charge in [0.25, 0.3) is 0 Å². The van der Waals surface area contributed by atoms with Crippen LogP contribution in [-0.2, 0) is 4.79 Å². The third kappa shape index (κ3) is 4.49. The monoisotopic (exact) mass is 304 g/mol. The summed E-state index contributed by atoms with van der Waals surface area (Å²) < 4.78 is 6.16. The van der Waals surface area contributed by atoms with Crippen LogP contribution in [0.25, 0.3) is 0 Å². The minimum absolute atomic E-state index is 0.0372. The van der Waals surface area contributed by atoms with Crippen molar-refractivity contribution in [1.82, 2.24) is 0 Å². The summed E-state index contributed by atoms with van der Waals surface area (Å²) in [6.07, 6.45) is 8.52. The Balaban J connectivity index is 2.09. The summed E-state index contributed by atoms with van der Waals surface area (Å²) in [4.78, 5) is 11.3. The van der Waals surface area contributed by atoms with E-state index >= 15 is 0 Å². The molecule has 22 heavy (non-hydrogen) atoms. The van der Waals surface area contributed by atoms with Gasteiger partial charge < -0.3 is 9.84 Å². The second-order valence-corrected chi connectivity index (χ2v) is 6.45. The molecule has 1 N–H and O–H groups in total. The van der Waals surface area contributed by atoms with Crippen LogP contribution in [0.5, 0.6) is 5.75 Å². The summed E-state index contributed by atoms with van der Waals surface area (Å²) in [6, 6.07) is 8.04. The third-order valence-electron chi connectivity index (χ3n) is 4.82. The summed E-state index contributed by atoms with van der Waals surface area (Å²) in [5, 5.41) is 9.28. The topological polar surface area (TPSA) is 46.5 Å². The zero-order valence-electron chi connectivity index (χ0n) is 13.8. The summed E-state index contributed by atoms with van der Waals surface area (Å²) in [6.45, 7) is 3.83. The largest absolute Gasteiger partial charge is 0.490 e. The van der Waals surface area contributed by atoms with Crippen LogP contribution in [0.4, 0.5) is 0 Å². The third-order valence-corrected chi connectivity index (χ3v) is 4.82. The molecule has 1 fully saturated rings. The fraction of sp³-hybridized carbons (Fsp3) is 0.632. The molecule has 1 aliphatic carbocycles. The van der Waals surface area contributed by atoms with Gasteiger partial charge >= 0.3 is 5.97 Å². The summed E-state index contributed by atoms with van der Waals surface area (Å²) in [7, 11) is 0. The average molecular weight is 304 g/mol. The van der Waals surface area contributed by atoms with Gasteiger partial charge in [-0.25, -0.2) is 0 Å². The first-order valence-electron chi connectivity index (χ1n) is 8.61. The molecule has 1 saturated carbocycles. The van der Waals surface area contributed by atoms with Gasteiger partial charge in [0.05, 0.1) is 12.0 Å². The normalized spacial score (nSPS) is 19.2. The zero-order valence-corrected chi connectivity index (χ0v) is 13.8. The smallest absolute Gasteiger partial charge is 0.306 e. The SMILES string of the molecule is CC[C@@H](c1cccc(OC2CCCCCC2)c1)[C@H](C)C(=O)O. The molecule has 3 heteroatoms. The van der Waals surface area contributed by atoms with Crippen molar-refractivity contribution in [2.75, 3.05) is 0 Å². The Morgan fingerprint density at radius 1 is 1.27 bits per heavy atom. The van der Waals surface area contributed by atoms with E-state index in [1.165, 1.54) is 25.7 Å². The molecule has 0 spiro atoms. The van der Waals surface area contributed by atoms with Crippen LogP contribution in [0.3, 0.4) is 0 Å². The zero-order chi connectivity index (χ0) is 15.9. The van der Waals surface area contributed by atoms with Gasteiger partial charge in [0.1, 0.15) is 5.75 Å². The Kier molecular flexibility index (Phi) is 6.29. The standard InChI is InChI=1S/C19H28O3/c1-3-18(14(2)19(20)21)15-9-8-12-17(13-15)22-16-10-6-4-5-7-11-16/h8-9,12-14,16,18H,3-7,10-11H2,1-2H3,(H,20,21)/t14-,18+/m0/s1. The minimum Gasteiger partial charge on any atom is -0.490 e. The number of hydrogen-bond donors (Lipinski definition) is 1. The second kappa shape index (κ2) is 8.21. The van der Waals surface area contributed by atoms with Gasteiger partial charge in [0.2, 0.25) is 0 Å². The molecule has 0 amide bonds. The van der Waals surface area contributed by atoms with Crippen LogP contribution in [0.1, 0.15) is 70.3 Å². The molecular formula is C19H28O3. The van der Waals surface area contributed by atoms with Crippen molar-refractivity contribution < 1.29 is 14.6 Å². The highest BCUT2D eigenvalue weighted by Gasteiger charge is 2.24. The van der Waals surface area contributed by atoms with Crippen LogP contribution < -0.4 is 4.74 Å². The average Bonchev–Trinajstić information content (AvgIpc) is 2.77. The molecule has 0 heterocycles. The van der Waals surface area contributed by atoms with Crippen LogP contribution in [0.2, 0.25) is 0 Å². The number of aliphatic carboxylic acids is 1. The molecule has 0 unspecified atom stereocenters. The maximum atomic E-state index is 11.3. The highest BCUT2D eigenvalue weighted by Crippen LogP contribution is 2.31. The van der Waals surface area contributed by atoms with E-state index in [9.17, 15) is 9.90 Å². The van der Waals surface area contributed by atoms with Crippen molar-refractivity contribution in [2.24, 2.45) is 5.92 Å². The first-order chi connectivity index (χ1) is 10.6. The predicted octanol–water partition coefficient (Wildman–Crippen LogP) is 5.00. The van der Waals surface area contributed by atoms with E-state index < -0.39 is 5.97 Å². The van der Waals surface area contributed by atoms with Gasteiger partial charge in [0, 0.05) is 0 Å². The number of hydrogen-bond acceptors (Lipinski definition) is 2. The van der Waals surface area contributed by atoms with Crippen LogP contribution in [0.15, 0.2) is 24.3 Å². The fourth-order valence-corrected chi connectivity index (χ4v) is 3.42. The lowest BCUT2D eigenvalue weighted by Crippen LogP contribution is -2.19. The van der Waals surface area contributed by atoms with Crippen LogP contribution in [0, 0.1) is 5.92 Å². The Hall–Kier alpha value is -1.51. The van der Waals surface area contributed by atoms with Gasteiger partial charge in [-0.3, -0.25) is 4.79 Å². The Labute approximate surface area is 133 Å². The second-order valence-electron chi connectivity index (χ2n) is 6.45. The van der Waals surface area contributed by atoms with E-state index in [0.717, 1.165) is 30.6 Å². The molecule has 3 nitrogen and oxygen atoms in total. The lowest BCUT2D eigenvalue weighted by atomic mass is 9.85. The fourth-order valence-electron chi connectivity index (χ4n) is 3.42. The number of benzene rings is 1. The quantitative estimate of drug-likeness (QED) is 0.752. The van der Waals surface area contributed by atoms with E-state index in [0.29, 0.717) is 6.10 Å². The van der Waals surface area contributed by atoms with Gasteiger partial charge in [-0.2, -0.15) is 0 Å². The first-order valence-corrected chi connectivity index (χ1v) is 8.61. The highest BCUT2D eigenvalue weighted by atomic mass is 16.5. The molecule has 0 aliphatic heterocycles. The van der Waals surface area contributed by atoms with Crippen molar-refractivity contribution in [2.45, 2.75) is 70.8 Å². The van der Waals surface area contributed by atoms with Crippen molar-refractivity contribution >= 4 is 5.97 Å². The molecule has 2 rings (SSSR count). The number of carboxylic acid groups (broad SMARTS) is 1. The summed E-state index contributed by atoms with van der Waals surface area (Å²) in [5.41, 5.74) is 1.07. The molecule has 0 saturated heterocycles. The number of rotatable bonds is 6. The van der Waals surface area contributed by atoms with E-state index in [4.69, 9.17) is 4.74 Å². The first kappa shape index (κ1) is 16.9. The van der Waals surface area contributed by atoms with E-state index in [1.54, 1.807) is 6.92 Å². The molecule has 1 aliphatic rings. The molecule has 0 radical (unpaired) electrons. The van der Waals surface area contributed by atoms with E-state index in [1.807, 2.05) is 31.2 Å². The molecule has 1 aromatic rings. The molecule has 2 atom stereocenters.